The first kappa shape index (κ1) is 21.0. The molecule has 0 N–H and O–H groups in total. The van der Waals surface area contributed by atoms with Gasteiger partial charge in [-0.1, -0.05) is 34.1 Å². The summed E-state index contributed by atoms with van der Waals surface area (Å²) in [7, 11) is -3.63. The zero-order chi connectivity index (χ0) is 21.5. The number of cyclic esters (lactones) is 1. The Morgan fingerprint density at radius 1 is 1.03 bits per heavy atom. The van der Waals surface area contributed by atoms with E-state index in [-0.39, 0.29) is 37.0 Å². The number of sulfonamides is 1. The summed E-state index contributed by atoms with van der Waals surface area (Å²) in [5.74, 6) is -0.810. The Morgan fingerprint density at radius 3 is 2.33 bits per heavy atom. The Hall–Kier alpha value is -2.23. The highest BCUT2D eigenvalue weighted by Crippen LogP contribution is 2.30. The molecule has 2 aromatic rings. The fourth-order valence-corrected chi connectivity index (χ4v) is 5.56. The molecule has 1 unspecified atom stereocenters. The number of rotatable bonds is 3. The van der Waals surface area contributed by atoms with Gasteiger partial charge in [-0.3, -0.25) is 4.79 Å². The van der Waals surface area contributed by atoms with Crippen molar-refractivity contribution < 1.29 is 22.7 Å². The number of esters is 1. The first-order valence-electron chi connectivity index (χ1n) is 9.57. The zero-order valence-corrected chi connectivity index (χ0v) is 18.8. The maximum atomic E-state index is 13.2. The number of carbonyl (C=O) groups excluding carboxylic acids is 2. The molecule has 1 saturated heterocycles. The summed E-state index contributed by atoms with van der Waals surface area (Å²) in [5.41, 5.74) is -0.0349. The summed E-state index contributed by atoms with van der Waals surface area (Å²) >= 11 is 3.30. The minimum absolute atomic E-state index is 0.185. The standard InChI is InChI=1S/C21H21BrN2O5S/c1-21(14-15-4-2-3-5-18(15)19(25)29-21)20(26)23-10-12-24(13-11-23)30(27,28)17-8-6-16(22)7-9-17/h2-9H,10-14H2,1H3. The van der Waals surface area contributed by atoms with Crippen molar-refractivity contribution in [2.75, 3.05) is 26.2 Å². The summed E-state index contributed by atoms with van der Waals surface area (Å²) < 4.78 is 33.4. The van der Waals surface area contributed by atoms with Crippen LogP contribution in [0.3, 0.4) is 0 Å². The Bertz CT molecular complexity index is 1090. The van der Waals surface area contributed by atoms with E-state index in [4.69, 9.17) is 4.74 Å². The van der Waals surface area contributed by atoms with Crippen molar-refractivity contribution in [3.05, 3.63) is 64.1 Å². The van der Waals surface area contributed by atoms with E-state index in [1.165, 1.54) is 4.31 Å². The van der Waals surface area contributed by atoms with E-state index in [0.29, 0.717) is 12.0 Å². The molecule has 0 bridgehead atoms. The highest BCUT2D eigenvalue weighted by atomic mass is 79.9. The van der Waals surface area contributed by atoms with Crippen LogP contribution in [-0.2, 0) is 26.0 Å². The summed E-state index contributed by atoms with van der Waals surface area (Å²) in [6.07, 6.45) is 0.297. The van der Waals surface area contributed by atoms with Crippen LogP contribution < -0.4 is 0 Å². The highest BCUT2D eigenvalue weighted by Gasteiger charge is 2.45. The van der Waals surface area contributed by atoms with Gasteiger partial charge in [0.15, 0.2) is 5.60 Å². The molecule has 1 fully saturated rings. The SMILES string of the molecule is CC1(C(=O)N2CCN(S(=O)(=O)c3ccc(Br)cc3)CC2)Cc2ccccc2C(=O)O1. The average Bonchev–Trinajstić information content (AvgIpc) is 2.73. The Morgan fingerprint density at radius 2 is 1.67 bits per heavy atom. The van der Waals surface area contributed by atoms with Gasteiger partial charge in [0.1, 0.15) is 0 Å². The molecule has 158 valence electrons. The predicted octanol–water partition coefficient (Wildman–Crippen LogP) is 2.45. The number of fused-ring (bicyclic) bond motifs is 1. The zero-order valence-electron chi connectivity index (χ0n) is 16.4. The molecule has 0 aromatic heterocycles. The van der Waals surface area contributed by atoms with E-state index in [9.17, 15) is 18.0 Å². The molecule has 2 aliphatic heterocycles. The second kappa shape index (κ2) is 7.79. The molecular weight excluding hydrogens is 472 g/mol. The summed E-state index contributed by atoms with van der Waals surface area (Å²) in [4.78, 5) is 27.3. The molecule has 1 amide bonds. The quantitative estimate of drug-likeness (QED) is 0.614. The van der Waals surface area contributed by atoms with Crippen LogP contribution in [0.2, 0.25) is 0 Å². The highest BCUT2D eigenvalue weighted by molar-refractivity contribution is 9.10. The molecule has 0 saturated carbocycles. The Labute approximate surface area is 183 Å². The smallest absolute Gasteiger partial charge is 0.339 e. The number of hydrogen-bond donors (Lipinski definition) is 0. The number of nitrogens with zero attached hydrogens (tertiary/aromatic N) is 2. The van der Waals surface area contributed by atoms with Gasteiger partial charge in [-0.05, 0) is 42.8 Å². The van der Waals surface area contributed by atoms with E-state index in [2.05, 4.69) is 15.9 Å². The van der Waals surface area contributed by atoms with Crippen LogP contribution in [0, 0.1) is 0 Å². The van der Waals surface area contributed by atoms with Crippen LogP contribution in [-0.4, -0.2) is 61.3 Å². The van der Waals surface area contributed by atoms with Gasteiger partial charge in [-0.25, -0.2) is 13.2 Å². The fraction of sp³-hybridized carbons (Fsp3) is 0.333. The molecule has 2 aromatic carbocycles. The minimum atomic E-state index is -3.63. The lowest BCUT2D eigenvalue weighted by Gasteiger charge is -2.40. The van der Waals surface area contributed by atoms with E-state index in [1.807, 2.05) is 12.1 Å². The summed E-state index contributed by atoms with van der Waals surface area (Å²) in [6.45, 7) is 2.47. The van der Waals surface area contributed by atoms with Crippen LogP contribution >= 0.6 is 15.9 Å². The number of ether oxygens (including phenoxy) is 1. The fourth-order valence-electron chi connectivity index (χ4n) is 3.87. The number of amides is 1. The predicted molar refractivity (Wildman–Crippen MR) is 113 cm³/mol. The molecule has 1 atom stereocenters. The Kier molecular flexibility index (Phi) is 5.46. The molecule has 2 aliphatic rings. The van der Waals surface area contributed by atoms with Crippen LogP contribution in [0.25, 0.3) is 0 Å². The van der Waals surface area contributed by atoms with Gasteiger partial charge in [0, 0.05) is 37.1 Å². The third kappa shape index (κ3) is 3.77. The second-order valence-corrected chi connectivity index (χ2v) is 10.5. The van der Waals surface area contributed by atoms with Gasteiger partial charge >= 0.3 is 5.97 Å². The maximum absolute atomic E-state index is 13.2. The second-order valence-electron chi connectivity index (χ2n) is 7.60. The van der Waals surface area contributed by atoms with Crippen molar-refractivity contribution >= 4 is 37.8 Å². The van der Waals surface area contributed by atoms with E-state index in [0.717, 1.165) is 10.0 Å². The maximum Gasteiger partial charge on any atom is 0.339 e. The van der Waals surface area contributed by atoms with Crippen LogP contribution in [0.15, 0.2) is 57.9 Å². The van der Waals surface area contributed by atoms with Crippen molar-refractivity contribution in [2.45, 2.75) is 23.8 Å². The minimum Gasteiger partial charge on any atom is -0.445 e. The van der Waals surface area contributed by atoms with Gasteiger partial charge in [0.2, 0.25) is 10.0 Å². The normalized spacial score (nSPS) is 22.3. The topological polar surface area (TPSA) is 84.0 Å². The lowest BCUT2D eigenvalue weighted by molar-refractivity contribution is -0.152. The summed E-state index contributed by atoms with van der Waals surface area (Å²) in [6, 6.07) is 13.6. The molecule has 4 rings (SSSR count). The van der Waals surface area contributed by atoms with Crippen molar-refractivity contribution in [3.8, 4) is 0 Å². The molecule has 7 nitrogen and oxygen atoms in total. The van der Waals surface area contributed by atoms with E-state index in [1.54, 1.807) is 48.2 Å². The van der Waals surface area contributed by atoms with Crippen molar-refractivity contribution in [1.82, 2.24) is 9.21 Å². The van der Waals surface area contributed by atoms with Gasteiger partial charge in [0.25, 0.3) is 5.91 Å². The van der Waals surface area contributed by atoms with Crippen LogP contribution in [0.5, 0.6) is 0 Å². The van der Waals surface area contributed by atoms with Gasteiger partial charge in [0.05, 0.1) is 10.5 Å². The van der Waals surface area contributed by atoms with Gasteiger partial charge in [-0.2, -0.15) is 4.31 Å². The van der Waals surface area contributed by atoms with Crippen LogP contribution in [0.1, 0.15) is 22.8 Å². The van der Waals surface area contributed by atoms with E-state index >= 15 is 0 Å². The lowest BCUT2D eigenvalue weighted by Crippen LogP contribution is -2.58. The molecule has 0 radical (unpaired) electrons. The largest absolute Gasteiger partial charge is 0.445 e. The van der Waals surface area contributed by atoms with Crippen molar-refractivity contribution in [3.63, 3.8) is 0 Å². The van der Waals surface area contributed by atoms with Crippen molar-refractivity contribution in [1.29, 1.82) is 0 Å². The first-order chi connectivity index (χ1) is 14.2. The monoisotopic (exact) mass is 492 g/mol. The molecular formula is C21H21BrN2O5S. The van der Waals surface area contributed by atoms with Crippen LogP contribution in [0.4, 0.5) is 0 Å². The van der Waals surface area contributed by atoms with Gasteiger partial charge in [-0.15, -0.1) is 0 Å². The number of halogens is 1. The molecule has 0 spiro atoms. The Balaban J connectivity index is 1.46. The number of carbonyl (C=O) groups is 2. The third-order valence-electron chi connectivity index (χ3n) is 5.51. The number of piperazine rings is 1. The molecule has 9 heteroatoms. The number of benzene rings is 2. The van der Waals surface area contributed by atoms with Gasteiger partial charge < -0.3 is 9.64 Å². The lowest BCUT2D eigenvalue weighted by atomic mass is 9.89. The first-order valence-corrected chi connectivity index (χ1v) is 11.8. The number of hydrogen-bond acceptors (Lipinski definition) is 5. The molecule has 30 heavy (non-hydrogen) atoms. The van der Waals surface area contributed by atoms with E-state index < -0.39 is 21.6 Å². The average molecular weight is 493 g/mol. The summed E-state index contributed by atoms with van der Waals surface area (Å²) in [5, 5.41) is 0. The van der Waals surface area contributed by atoms with Crippen molar-refractivity contribution in [2.24, 2.45) is 0 Å². The third-order valence-corrected chi connectivity index (χ3v) is 7.95. The molecule has 0 aliphatic carbocycles. The molecule has 2 heterocycles.